The topological polar surface area (TPSA) is 101 Å². The van der Waals surface area contributed by atoms with Crippen molar-refractivity contribution in [2.75, 3.05) is 12.4 Å². The summed E-state index contributed by atoms with van der Waals surface area (Å²) >= 11 is 0. The summed E-state index contributed by atoms with van der Waals surface area (Å²) in [5.41, 5.74) is 10.5. The van der Waals surface area contributed by atoms with Gasteiger partial charge in [-0.3, -0.25) is 9.59 Å². The molecule has 4 rings (SSSR count). The van der Waals surface area contributed by atoms with E-state index in [1.54, 1.807) is 24.2 Å². The molecule has 2 aromatic heterocycles. The first-order chi connectivity index (χ1) is 14.5. The highest BCUT2D eigenvalue weighted by Crippen LogP contribution is 2.29. The van der Waals surface area contributed by atoms with Gasteiger partial charge >= 0.3 is 0 Å². The highest BCUT2D eigenvalue weighted by Gasteiger charge is 2.17. The lowest BCUT2D eigenvalue weighted by atomic mass is 10.0. The Morgan fingerprint density at radius 2 is 2.20 bits per heavy atom. The van der Waals surface area contributed by atoms with Crippen molar-refractivity contribution >= 4 is 34.7 Å². The Kier molecular flexibility index (Phi) is 5.37. The molecule has 0 saturated heterocycles. The van der Waals surface area contributed by atoms with Crippen molar-refractivity contribution in [1.82, 2.24) is 9.88 Å². The number of aryl methyl sites for hydroxylation is 2. The van der Waals surface area contributed by atoms with E-state index in [1.165, 1.54) is 6.08 Å². The van der Waals surface area contributed by atoms with Crippen LogP contribution in [0.15, 0.2) is 41.0 Å². The normalized spacial score (nSPS) is 13.5. The summed E-state index contributed by atoms with van der Waals surface area (Å²) in [7, 11) is 1.74. The van der Waals surface area contributed by atoms with Gasteiger partial charge in [0.25, 0.3) is 0 Å². The van der Waals surface area contributed by atoms with Gasteiger partial charge in [0.05, 0.1) is 6.54 Å². The number of nitrogens with one attached hydrogen (secondary N) is 1. The van der Waals surface area contributed by atoms with Crippen molar-refractivity contribution in [3.63, 3.8) is 0 Å². The van der Waals surface area contributed by atoms with Crippen LogP contribution >= 0.6 is 0 Å². The fourth-order valence-electron chi connectivity index (χ4n) is 3.71. The number of nitrogens with zero attached hydrogens (tertiary/aromatic N) is 2. The first-order valence-electron chi connectivity index (χ1n) is 9.88. The summed E-state index contributed by atoms with van der Waals surface area (Å²) in [5, 5.41) is 3.78. The van der Waals surface area contributed by atoms with E-state index < -0.39 is 0 Å². The molecule has 1 aliphatic rings. The standard InChI is InChI=1S/C23H24N4O3/c1-14-19(30-18-5-3-4-17(11-24)22(14)18)13-27(2)21(29)9-6-15-10-16-7-8-20(28)26-23(16)25-12-15/h3-6,9-10,12H,7-8,11,13,24H2,1-2H3,(H,25,26,28)/b9-6+. The molecule has 0 fully saturated rings. The van der Waals surface area contributed by atoms with Gasteiger partial charge in [-0.1, -0.05) is 12.1 Å². The van der Waals surface area contributed by atoms with Gasteiger partial charge in [0.1, 0.15) is 17.2 Å². The first kappa shape index (κ1) is 19.8. The molecule has 7 heteroatoms. The molecule has 0 unspecified atom stereocenters. The smallest absolute Gasteiger partial charge is 0.246 e. The number of furan rings is 1. The Balaban J connectivity index is 1.47. The van der Waals surface area contributed by atoms with Gasteiger partial charge < -0.3 is 20.4 Å². The van der Waals surface area contributed by atoms with Gasteiger partial charge in [-0.05, 0) is 48.2 Å². The number of amides is 2. The lowest BCUT2D eigenvalue weighted by Gasteiger charge is -2.16. The molecule has 3 heterocycles. The van der Waals surface area contributed by atoms with Crippen molar-refractivity contribution in [1.29, 1.82) is 0 Å². The Morgan fingerprint density at radius 1 is 1.37 bits per heavy atom. The van der Waals surface area contributed by atoms with Gasteiger partial charge in [-0.15, -0.1) is 0 Å². The van der Waals surface area contributed by atoms with E-state index in [1.807, 2.05) is 31.2 Å². The number of anilines is 1. The fourth-order valence-corrected chi connectivity index (χ4v) is 3.71. The Labute approximate surface area is 174 Å². The van der Waals surface area contributed by atoms with E-state index in [0.717, 1.165) is 39.0 Å². The first-order valence-corrected chi connectivity index (χ1v) is 9.88. The van der Waals surface area contributed by atoms with Gasteiger partial charge in [0.15, 0.2) is 0 Å². The van der Waals surface area contributed by atoms with E-state index in [4.69, 9.17) is 10.2 Å². The van der Waals surface area contributed by atoms with Crippen molar-refractivity contribution in [2.45, 2.75) is 32.9 Å². The molecule has 0 atom stereocenters. The molecule has 0 bridgehead atoms. The number of carbonyl (C=O) groups excluding carboxylic acids is 2. The van der Waals surface area contributed by atoms with Crippen LogP contribution in [0.5, 0.6) is 0 Å². The van der Waals surface area contributed by atoms with Crippen LogP contribution in [0.25, 0.3) is 17.0 Å². The second-order valence-corrected chi connectivity index (χ2v) is 7.50. The minimum Gasteiger partial charge on any atom is -0.459 e. The predicted octanol–water partition coefficient (Wildman–Crippen LogP) is 3.15. The molecule has 0 radical (unpaired) electrons. The van der Waals surface area contributed by atoms with Crippen LogP contribution in [0.4, 0.5) is 5.82 Å². The second kappa shape index (κ2) is 8.12. The number of fused-ring (bicyclic) bond motifs is 2. The number of hydrogen-bond acceptors (Lipinski definition) is 5. The fraction of sp³-hybridized carbons (Fsp3) is 0.261. The molecular formula is C23H24N4O3. The summed E-state index contributed by atoms with van der Waals surface area (Å²) in [6.07, 6.45) is 6.01. The summed E-state index contributed by atoms with van der Waals surface area (Å²) in [4.78, 5) is 29.9. The molecule has 2 amide bonds. The van der Waals surface area contributed by atoms with Crippen LogP contribution < -0.4 is 11.1 Å². The summed E-state index contributed by atoms with van der Waals surface area (Å²) in [6.45, 7) is 2.79. The Bertz CT molecular complexity index is 1160. The van der Waals surface area contributed by atoms with Crippen LogP contribution in [0.3, 0.4) is 0 Å². The molecule has 7 nitrogen and oxygen atoms in total. The van der Waals surface area contributed by atoms with Crippen molar-refractivity contribution in [3.05, 3.63) is 64.6 Å². The van der Waals surface area contributed by atoms with Gasteiger partial charge in [-0.2, -0.15) is 0 Å². The van der Waals surface area contributed by atoms with Gasteiger partial charge in [0.2, 0.25) is 11.8 Å². The minimum absolute atomic E-state index is 0.0189. The highest BCUT2D eigenvalue weighted by molar-refractivity contribution is 5.94. The van der Waals surface area contributed by atoms with Crippen LogP contribution in [-0.2, 0) is 29.1 Å². The third-order valence-corrected chi connectivity index (χ3v) is 5.40. The zero-order valence-electron chi connectivity index (χ0n) is 17.1. The molecular weight excluding hydrogens is 380 g/mol. The highest BCUT2D eigenvalue weighted by atomic mass is 16.3. The zero-order chi connectivity index (χ0) is 21.3. The Morgan fingerprint density at radius 3 is 3.00 bits per heavy atom. The monoisotopic (exact) mass is 404 g/mol. The predicted molar refractivity (Wildman–Crippen MR) is 116 cm³/mol. The molecule has 0 aliphatic carbocycles. The third kappa shape index (κ3) is 3.84. The zero-order valence-corrected chi connectivity index (χ0v) is 17.1. The average molecular weight is 404 g/mol. The van der Waals surface area contributed by atoms with E-state index in [-0.39, 0.29) is 11.8 Å². The number of nitrogens with two attached hydrogens (primary N) is 1. The number of pyridine rings is 1. The van der Waals surface area contributed by atoms with E-state index in [0.29, 0.717) is 31.7 Å². The number of carbonyl (C=O) groups is 2. The molecule has 1 aromatic carbocycles. The van der Waals surface area contributed by atoms with Crippen LogP contribution in [0.2, 0.25) is 0 Å². The maximum Gasteiger partial charge on any atom is 0.246 e. The summed E-state index contributed by atoms with van der Waals surface area (Å²) in [5.74, 6) is 1.19. The van der Waals surface area contributed by atoms with Gasteiger partial charge in [-0.25, -0.2) is 4.98 Å². The van der Waals surface area contributed by atoms with Gasteiger partial charge in [0, 0.05) is 43.2 Å². The average Bonchev–Trinajstić information content (AvgIpc) is 3.07. The minimum atomic E-state index is -0.139. The number of aromatic nitrogens is 1. The molecule has 3 aromatic rings. The Hall–Kier alpha value is -3.45. The SMILES string of the molecule is Cc1c(CN(C)C(=O)/C=C/c2cnc3c(c2)CCC(=O)N3)oc2cccc(CN)c12. The molecule has 0 spiro atoms. The van der Waals surface area contributed by atoms with Crippen LogP contribution in [0.1, 0.15) is 34.4 Å². The quantitative estimate of drug-likeness (QED) is 0.636. The van der Waals surface area contributed by atoms with E-state index in [9.17, 15) is 9.59 Å². The number of benzene rings is 1. The molecule has 30 heavy (non-hydrogen) atoms. The second-order valence-electron chi connectivity index (χ2n) is 7.50. The summed E-state index contributed by atoms with van der Waals surface area (Å²) in [6, 6.07) is 7.78. The van der Waals surface area contributed by atoms with E-state index >= 15 is 0 Å². The lowest BCUT2D eigenvalue weighted by molar-refractivity contribution is -0.125. The van der Waals surface area contributed by atoms with E-state index in [2.05, 4.69) is 10.3 Å². The lowest BCUT2D eigenvalue weighted by Crippen LogP contribution is -2.24. The van der Waals surface area contributed by atoms with Crippen molar-refractivity contribution < 1.29 is 14.0 Å². The molecule has 0 saturated carbocycles. The van der Waals surface area contributed by atoms with Crippen molar-refractivity contribution in [2.24, 2.45) is 5.73 Å². The molecule has 3 N–H and O–H groups in total. The number of rotatable bonds is 5. The van der Waals surface area contributed by atoms with Crippen LogP contribution in [-0.4, -0.2) is 28.7 Å². The largest absolute Gasteiger partial charge is 0.459 e. The van der Waals surface area contributed by atoms with Crippen LogP contribution in [0, 0.1) is 6.92 Å². The summed E-state index contributed by atoms with van der Waals surface area (Å²) < 4.78 is 5.98. The van der Waals surface area contributed by atoms with Crippen molar-refractivity contribution in [3.8, 4) is 0 Å². The third-order valence-electron chi connectivity index (χ3n) is 5.40. The molecule has 1 aliphatic heterocycles. The number of likely N-dealkylation sites (N-methyl/N-ethyl adjacent to an activating group) is 1. The maximum absolute atomic E-state index is 12.6. The number of hydrogen-bond donors (Lipinski definition) is 2. The maximum atomic E-state index is 12.6. The molecule has 154 valence electrons.